The van der Waals surface area contributed by atoms with Crippen molar-refractivity contribution < 1.29 is 13.2 Å². The highest BCUT2D eigenvalue weighted by Gasteiger charge is 2.34. The van der Waals surface area contributed by atoms with E-state index in [9.17, 15) is 13.2 Å². The summed E-state index contributed by atoms with van der Waals surface area (Å²) in [5, 5.41) is 5.21. The molecule has 2 aromatic heterocycles. The van der Waals surface area contributed by atoms with Crippen molar-refractivity contribution >= 4 is 43.7 Å². The number of carbonyl (C=O) groups excluding carboxylic acids is 1. The molecule has 1 unspecified atom stereocenters. The Morgan fingerprint density at radius 1 is 1.20 bits per heavy atom. The molecule has 1 atom stereocenters. The first-order valence-corrected chi connectivity index (χ1v) is 12.9. The number of hydrogen-bond donors (Lipinski definition) is 1. The Morgan fingerprint density at radius 2 is 1.97 bits per heavy atom. The summed E-state index contributed by atoms with van der Waals surface area (Å²) in [5.41, 5.74) is 3.06. The van der Waals surface area contributed by atoms with Gasteiger partial charge >= 0.3 is 0 Å². The maximum absolute atomic E-state index is 12.9. The smallest absolute Gasteiger partial charge is 0.252 e. The first kappa shape index (κ1) is 21.2. The van der Waals surface area contributed by atoms with Gasteiger partial charge in [-0.3, -0.25) is 4.79 Å². The Hall–Kier alpha value is -2.07. The van der Waals surface area contributed by atoms with E-state index in [-0.39, 0.29) is 18.4 Å². The number of aromatic nitrogens is 1. The number of carbonyl (C=O) groups is 1. The molecule has 30 heavy (non-hydrogen) atoms. The number of nitrogens with zero attached hydrogens (tertiary/aromatic N) is 2. The van der Waals surface area contributed by atoms with Crippen LogP contribution < -0.4 is 5.32 Å². The lowest BCUT2D eigenvalue weighted by Gasteiger charge is -2.30. The summed E-state index contributed by atoms with van der Waals surface area (Å²) in [6.07, 6.45) is 1.33. The second kappa shape index (κ2) is 8.58. The molecule has 3 heterocycles. The van der Waals surface area contributed by atoms with E-state index in [1.165, 1.54) is 32.5 Å². The molecule has 1 fully saturated rings. The van der Waals surface area contributed by atoms with Crippen LogP contribution in [0, 0.1) is 19.8 Å². The van der Waals surface area contributed by atoms with Crippen LogP contribution in [-0.4, -0.2) is 36.7 Å². The minimum absolute atomic E-state index is 0.176. The van der Waals surface area contributed by atoms with Crippen LogP contribution >= 0.6 is 22.7 Å². The number of sulfonamides is 1. The summed E-state index contributed by atoms with van der Waals surface area (Å²) in [5.74, 6) is -0.564. The van der Waals surface area contributed by atoms with Gasteiger partial charge in [-0.2, -0.15) is 4.31 Å². The topological polar surface area (TPSA) is 79.4 Å². The third kappa shape index (κ3) is 4.34. The molecule has 1 amide bonds. The normalized spacial score (nSPS) is 17.7. The van der Waals surface area contributed by atoms with E-state index in [4.69, 9.17) is 0 Å². The Bertz CT molecular complexity index is 1140. The quantitative estimate of drug-likeness (QED) is 0.606. The van der Waals surface area contributed by atoms with Crippen LogP contribution in [-0.2, 0) is 14.8 Å². The average molecular weight is 462 g/mol. The Labute approximate surface area is 184 Å². The Kier molecular flexibility index (Phi) is 6.06. The zero-order valence-electron chi connectivity index (χ0n) is 16.8. The number of thiazole rings is 1. The molecule has 0 bridgehead atoms. The van der Waals surface area contributed by atoms with Gasteiger partial charge in [0.1, 0.15) is 4.21 Å². The summed E-state index contributed by atoms with van der Waals surface area (Å²) in [6, 6.07) is 11.5. The van der Waals surface area contributed by atoms with E-state index in [0.29, 0.717) is 28.7 Å². The highest BCUT2D eigenvalue weighted by atomic mass is 32.2. The lowest BCUT2D eigenvalue weighted by atomic mass is 9.99. The molecule has 0 saturated carbocycles. The molecule has 158 valence electrons. The van der Waals surface area contributed by atoms with E-state index in [2.05, 4.69) is 10.3 Å². The number of anilines is 1. The zero-order chi connectivity index (χ0) is 21.3. The summed E-state index contributed by atoms with van der Waals surface area (Å²) >= 11 is 2.64. The number of thiophene rings is 1. The SMILES string of the molecule is Cc1ccc(-c2nc(NC(=O)C3CCCN(S(=O)(=O)c4cccs4)C3)sc2C)cc1. The van der Waals surface area contributed by atoms with Crippen LogP contribution in [0.4, 0.5) is 5.13 Å². The largest absolute Gasteiger partial charge is 0.302 e. The van der Waals surface area contributed by atoms with Gasteiger partial charge in [0.25, 0.3) is 10.0 Å². The zero-order valence-corrected chi connectivity index (χ0v) is 19.2. The van der Waals surface area contributed by atoms with Crippen molar-refractivity contribution in [2.45, 2.75) is 30.9 Å². The molecular formula is C21H23N3O3S3. The Morgan fingerprint density at radius 3 is 2.67 bits per heavy atom. The van der Waals surface area contributed by atoms with Crippen molar-refractivity contribution in [2.75, 3.05) is 18.4 Å². The number of amides is 1. The van der Waals surface area contributed by atoms with Crippen molar-refractivity contribution in [1.82, 2.24) is 9.29 Å². The monoisotopic (exact) mass is 461 g/mol. The van der Waals surface area contributed by atoms with Gasteiger partial charge in [-0.15, -0.1) is 22.7 Å². The van der Waals surface area contributed by atoms with Gasteiger partial charge in [0.15, 0.2) is 5.13 Å². The number of nitrogens with one attached hydrogen (secondary N) is 1. The molecule has 6 nitrogen and oxygen atoms in total. The van der Waals surface area contributed by atoms with Gasteiger partial charge in [0.05, 0.1) is 11.6 Å². The minimum Gasteiger partial charge on any atom is -0.302 e. The first-order chi connectivity index (χ1) is 14.3. The minimum atomic E-state index is -3.54. The van der Waals surface area contributed by atoms with E-state index in [0.717, 1.165) is 16.1 Å². The van der Waals surface area contributed by atoms with Gasteiger partial charge in [0, 0.05) is 23.5 Å². The highest BCUT2D eigenvalue weighted by molar-refractivity contribution is 7.91. The lowest BCUT2D eigenvalue weighted by molar-refractivity contribution is -0.120. The molecule has 1 aromatic carbocycles. The molecule has 1 N–H and O–H groups in total. The third-order valence-electron chi connectivity index (χ3n) is 5.20. The lowest BCUT2D eigenvalue weighted by Crippen LogP contribution is -2.43. The molecule has 1 aliphatic rings. The number of piperidine rings is 1. The molecule has 4 rings (SSSR count). The van der Waals surface area contributed by atoms with Crippen LogP contribution in [0.5, 0.6) is 0 Å². The van der Waals surface area contributed by atoms with Crippen molar-refractivity contribution in [1.29, 1.82) is 0 Å². The van der Waals surface area contributed by atoms with Crippen LogP contribution in [0.25, 0.3) is 11.3 Å². The van der Waals surface area contributed by atoms with Gasteiger partial charge in [-0.05, 0) is 38.1 Å². The average Bonchev–Trinajstić information content (AvgIpc) is 3.39. The van der Waals surface area contributed by atoms with Crippen LogP contribution in [0.15, 0.2) is 46.0 Å². The van der Waals surface area contributed by atoms with E-state index >= 15 is 0 Å². The fourth-order valence-corrected chi connectivity index (χ4v) is 7.06. The summed E-state index contributed by atoms with van der Waals surface area (Å²) in [7, 11) is -3.54. The maximum atomic E-state index is 12.9. The Balaban J connectivity index is 1.46. The number of hydrogen-bond acceptors (Lipinski definition) is 6. The van der Waals surface area contributed by atoms with Gasteiger partial charge in [-0.1, -0.05) is 35.9 Å². The standard InChI is InChI=1S/C21H23N3O3S3/c1-14-7-9-16(10-8-14)19-15(2)29-21(22-19)23-20(25)17-5-3-11-24(13-17)30(26,27)18-6-4-12-28-18/h4,6-10,12,17H,3,5,11,13H2,1-2H3,(H,22,23,25). The van der Waals surface area contributed by atoms with E-state index in [1.54, 1.807) is 17.5 Å². The highest BCUT2D eigenvalue weighted by Crippen LogP contribution is 2.32. The number of benzene rings is 1. The van der Waals surface area contributed by atoms with Crippen molar-refractivity contribution in [3.05, 3.63) is 52.2 Å². The molecule has 0 aliphatic carbocycles. The van der Waals surface area contributed by atoms with Crippen molar-refractivity contribution in [3.8, 4) is 11.3 Å². The fourth-order valence-electron chi connectivity index (χ4n) is 3.55. The maximum Gasteiger partial charge on any atom is 0.252 e. The fraction of sp³-hybridized carbons (Fsp3) is 0.333. The summed E-state index contributed by atoms with van der Waals surface area (Å²) < 4.78 is 27.3. The predicted molar refractivity (Wildman–Crippen MR) is 121 cm³/mol. The van der Waals surface area contributed by atoms with Crippen molar-refractivity contribution in [2.24, 2.45) is 5.92 Å². The van der Waals surface area contributed by atoms with Gasteiger partial charge < -0.3 is 5.32 Å². The first-order valence-electron chi connectivity index (χ1n) is 9.73. The molecule has 0 radical (unpaired) electrons. The molecule has 0 spiro atoms. The van der Waals surface area contributed by atoms with Crippen LogP contribution in [0.1, 0.15) is 23.3 Å². The van der Waals surface area contributed by atoms with Gasteiger partial charge in [0.2, 0.25) is 5.91 Å². The summed E-state index contributed by atoms with van der Waals surface area (Å²) in [6.45, 7) is 4.66. The third-order valence-corrected chi connectivity index (χ3v) is 9.32. The van der Waals surface area contributed by atoms with Crippen LogP contribution in [0.2, 0.25) is 0 Å². The van der Waals surface area contributed by atoms with Gasteiger partial charge in [-0.25, -0.2) is 13.4 Å². The molecule has 3 aromatic rings. The molecular weight excluding hydrogens is 438 g/mol. The second-order valence-electron chi connectivity index (χ2n) is 7.41. The predicted octanol–water partition coefficient (Wildman–Crippen LogP) is 4.53. The van der Waals surface area contributed by atoms with E-state index < -0.39 is 10.0 Å². The second-order valence-corrected chi connectivity index (χ2v) is 11.7. The molecule has 9 heteroatoms. The molecule has 1 aliphatic heterocycles. The molecule has 1 saturated heterocycles. The van der Waals surface area contributed by atoms with Crippen LogP contribution in [0.3, 0.4) is 0 Å². The number of aryl methyl sites for hydroxylation is 2. The van der Waals surface area contributed by atoms with Crippen molar-refractivity contribution in [3.63, 3.8) is 0 Å². The number of rotatable bonds is 5. The summed E-state index contributed by atoms with van der Waals surface area (Å²) in [4.78, 5) is 18.5. The van der Waals surface area contributed by atoms with E-state index in [1.807, 2.05) is 38.1 Å².